The van der Waals surface area contributed by atoms with Crippen molar-refractivity contribution < 1.29 is 23.1 Å². The lowest BCUT2D eigenvalue weighted by molar-refractivity contribution is -0.120. The maximum atomic E-state index is 12.9. The number of nitrogens with one attached hydrogen (secondary N) is 1. The number of aliphatic hydroxyl groups is 1. The van der Waals surface area contributed by atoms with Gasteiger partial charge in [-0.2, -0.15) is 0 Å². The Morgan fingerprint density at radius 3 is 2.45 bits per heavy atom. The molecule has 20 heavy (non-hydrogen) atoms. The molecular weight excluding hydrogens is 309 g/mol. The van der Waals surface area contributed by atoms with E-state index < -0.39 is 35.8 Å². The molecule has 112 valence electrons. The Labute approximate surface area is 123 Å². The quantitative estimate of drug-likeness (QED) is 0.518. The van der Waals surface area contributed by atoms with Crippen molar-refractivity contribution in [2.45, 2.75) is 17.9 Å². The number of carbonyl (C=O) groups excluding carboxylic acids is 1. The lowest BCUT2D eigenvalue weighted by Crippen LogP contribution is -2.41. The van der Waals surface area contributed by atoms with Crippen LogP contribution in [0.3, 0.4) is 0 Å². The predicted octanol–water partition coefficient (Wildman–Crippen LogP) is 1.13. The van der Waals surface area contributed by atoms with E-state index in [-0.39, 0.29) is 11.6 Å². The molecule has 5 nitrogen and oxygen atoms in total. The molecule has 0 fully saturated rings. The highest BCUT2D eigenvalue weighted by molar-refractivity contribution is 7.78. The molecule has 1 amide bonds. The topological polar surface area (TPSA) is 86.6 Å². The number of halogens is 2. The molecule has 0 spiro atoms. The molecule has 3 unspecified atom stereocenters. The molecule has 0 heterocycles. The molecule has 0 bridgehead atoms. The molecular formula is C12H15ClFNO4S. The van der Waals surface area contributed by atoms with Gasteiger partial charge in [-0.15, -0.1) is 11.6 Å². The third-order valence-electron chi connectivity index (χ3n) is 2.63. The molecule has 3 atom stereocenters. The minimum Gasteiger partial charge on any atom is -0.386 e. The first-order valence-electron chi connectivity index (χ1n) is 5.73. The van der Waals surface area contributed by atoms with E-state index in [1.165, 1.54) is 12.1 Å². The molecule has 1 rings (SSSR count). The Kier molecular flexibility index (Phi) is 7.08. The number of aliphatic hydroxyl groups excluding tert-OH is 1. The van der Waals surface area contributed by atoms with Crippen molar-refractivity contribution in [2.75, 3.05) is 12.6 Å². The molecule has 0 aromatic heterocycles. The molecule has 0 aliphatic carbocycles. The van der Waals surface area contributed by atoms with Gasteiger partial charge in [-0.3, -0.25) is 4.79 Å². The molecule has 0 saturated heterocycles. The van der Waals surface area contributed by atoms with Crippen LogP contribution in [0.15, 0.2) is 24.3 Å². The van der Waals surface area contributed by atoms with Crippen molar-refractivity contribution in [2.24, 2.45) is 0 Å². The third kappa shape index (κ3) is 5.16. The molecule has 1 aromatic carbocycles. The van der Waals surface area contributed by atoms with Crippen molar-refractivity contribution >= 4 is 28.6 Å². The Morgan fingerprint density at radius 1 is 1.40 bits per heavy atom. The lowest BCUT2D eigenvalue weighted by atomic mass is 10.0. The van der Waals surface area contributed by atoms with Crippen LogP contribution in [0.5, 0.6) is 0 Å². The monoisotopic (exact) mass is 323 g/mol. The van der Waals surface area contributed by atoms with Crippen LogP contribution in [0.2, 0.25) is 0 Å². The molecule has 0 aliphatic heterocycles. The third-order valence-corrected chi connectivity index (χ3v) is 3.45. The first-order valence-corrected chi connectivity index (χ1v) is 7.54. The van der Waals surface area contributed by atoms with E-state index in [0.29, 0.717) is 11.1 Å². The highest BCUT2D eigenvalue weighted by Gasteiger charge is 2.22. The van der Waals surface area contributed by atoms with Crippen LogP contribution in [0.1, 0.15) is 17.2 Å². The SMILES string of the molecule is O=C(CCl)NC(CF)C(O)c1ccc(CS(=O)O)cc1. The maximum absolute atomic E-state index is 12.9. The summed E-state index contributed by atoms with van der Waals surface area (Å²) in [5.41, 5.74) is 1.01. The highest BCUT2D eigenvalue weighted by atomic mass is 35.5. The summed E-state index contributed by atoms with van der Waals surface area (Å²) in [5.74, 6) is -0.906. The van der Waals surface area contributed by atoms with Crippen LogP contribution in [0.25, 0.3) is 0 Å². The van der Waals surface area contributed by atoms with Crippen LogP contribution in [-0.2, 0) is 21.6 Å². The Bertz CT molecular complexity index is 471. The minimum absolute atomic E-state index is 0.0219. The summed E-state index contributed by atoms with van der Waals surface area (Å²) in [7, 11) is 0. The van der Waals surface area contributed by atoms with Gasteiger partial charge in [-0.05, 0) is 11.1 Å². The summed E-state index contributed by atoms with van der Waals surface area (Å²) >= 11 is 3.36. The van der Waals surface area contributed by atoms with Gasteiger partial charge >= 0.3 is 0 Å². The van der Waals surface area contributed by atoms with Crippen molar-refractivity contribution in [3.8, 4) is 0 Å². The first-order chi connectivity index (χ1) is 9.47. The Balaban J connectivity index is 2.76. The fourth-order valence-corrected chi connectivity index (χ4v) is 2.19. The van der Waals surface area contributed by atoms with Crippen molar-refractivity contribution in [3.63, 3.8) is 0 Å². The van der Waals surface area contributed by atoms with Crippen molar-refractivity contribution in [1.29, 1.82) is 0 Å². The maximum Gasteiger partial charge on any atom is 0.235 e. The summed E-state index contributed by atoms with van der Waals surface area (Å²) in [6.45, 7) is -0.938. The summed E-state index contributed by atoms with van der Waals surface area (Å²) in [4.78, 5) is 11.1. The minimum atomic E-state index is -1.95. The number of benzene rings is 1. The van der Waals surface area contributed by atoms with Crippen LogP contribution in [0.4, 0.5) is 4.39 Å². The van der Waals surface area contributed by atoms with Gasteiger partial charge in [-0.25, -0.2) is 8.60 Å². The average Bonchev–Trinajstić information content (AvgIpc) is 2.44. The fraction of sp³-hybridized carbons (Fsp3) is 0.417. The van der Waals surface area contributed by atoms with Crippen molar-refractivity contribution in [1.82, 2.24) is 5.32 Å². The van der Waals surface area contributed by atoms with Gasteiger partial charge < -0.3 is 15.0 Å². The van der Waals surface area contributed by atoms with Crippen LogP contribution in [0, 0.1) is 0 Å². The van der Waals surface area contributed by atoms with Gasteiger partial charge in [0.1, 0.15) is 18.7 Å². The summed E-state index contributed by atoms with van der Waals surface area (Å²) < 4.78 is 32.2. The highest BCUT2D eigenvalue weighted by Crippen LogP contribution is 2.18. The zero-order valence-electron chi connectivity index (χ0n) is 10.5. The fourth-order valence-electron chi connectivity index (χ4n) is 1.63. The second-order valence-electron chi connectivity index (χ2n) is 4.11. The van der Waals surface area contributed by atoms with Gasteiger partial charge in [-0.1, -0.05) is 24.3 Å². The van der Waals surface area contributed by atoms with E-state index >= 15 is 0 Å². The van der Waals surface area contributed by atoms with Gasteiger partial charge in [0.2, 0.25) is 5.91 Å². The van der Waals surface area contributed by atoms with E-state index in [1.807, 2.05) is 0 Å². The standard InChI is InChI=1S/C12H15ClFNO4S/c13-5-11(16)15-10(6-14)12(17)9-3-1-8(2-4-9)7-20(18)19/h1-4,10,12,17H,5-7H2,(H,15,16)(H,18,19). The van der Waals surface area contributed by atoms with Crippen LogP contribution >= 0.6 is 11.6 Å². The van der Waals surface area contributed by atoms with Crippen LogP contribution in [-0.4, -0.2) is 38.4 Å². The first kappa shape index (κ1) is 17.0. The average molecular weight is 324 g/mol. The second-order valence-corrected chi connectivity index (χ2v) is 5.31. The Hall–Kier alpha value is -1.02. The molecule has 0 saturated carbocycles. The number of hydrogen-bond donors (Lipinski definition) is 3. The van der Waals surface area contributed by atoms with E-state index in [0.717, 1.165) is 0 Å². The molecule has 3 N–H and O–H groups in total. The van der Waals surface area contributed by atoms with E-state index in [2.05, 4.69) is 5.32 Å². The summed E-state index contributed by atoms with van der Waals surface area (Å²) in [6.07, 6.45) is -1.22. The molecule has 1 aromatic rings. The largest absolute Gasteiger partial charge is 0.386 e. The number of amides is 1. The van der Waals surface area contributed by atoms with Crippen LogP contribution < -0.4 is 5.32 Å². The number of alkyl halides is 2. The van der Waals surface area contributed by atoms with Gasteiger partial charge in [0.05, 0.1) is 11.8 Å². The zero-order valence-corrected chi connectivity index (χ0v) is 12.0. The lowest BCUT2D eigenvalue weighted by Gasteiger charge is -2.21. The molecule has 0 aliphatic rings. The molecule has 8 heteroatoms. The normalized spacial score (nSPS) is 15.4. The van der Waals surface area contributed by atoms with E-state index in [9.17, 15) is 18.5 Å². The number of rotatable bonds is 7. The smallest absolute Gasteiger partial charge is 0.235 e. The van der Waals surface area contributed by atoms with Gasteiger partial charge in [0.25, 0.3) is 0 Å². The second kappa shape index (κ2) is 8.31. The Morgan fingerprint density at radius 2 is 2.00 bits per heavy atom. The summed E-state index contributed by atoms with van der Waals surface area (Å²) in [5, 5.41) is 12.3. The summed E-state index contributed by atoms with van der Waals surface area (Å²) in [6, 6.07) is 5.07. The zero-order chi connectivity index (χ0) is 15.1. The van der Waals surface area contributed by atoms with E-state index in [1.54, 1.807) is 12.1 Å². The van der Waals surface area contributed by atoms with Crippen molar-refractivity contribution in [3.05, 3.63) is 35.4 Å². The number of hydrogen-bond acceptors (Lipinski definition) is 3. The van der Waals surface area contributed by atoms with E-state index in [4.69, 9.17) is 16.2 Å². The van der Waals surface area contributed by atoms with Gasteiger partial charge in [0.15, 0.2) is 11.1 Å². The predicted molar refractivity (Wildman–Crippen MR) is 74.5 cm³/mol. The molecule has 0 radical (unpaired) electrons. The van der Waals surface area contributed by atoms with Gasteiger partial charge in [0, 0.05) is 0 Å². The number of carbonyl (C=O) groups is 1.